The third kappa shape index (κ3) is 4.93. The van der Waals surface area contributed by atoms with Gasteiger partial charge in [-0.15, -0.1) is 0 Å². The summed E-state index contributed by atoms with van der Waals surface area (Å²) in [6.45, 7) is 7.78. The summed E-state index contributed by atoms with van der Waals surface area (Å²) in [5, 5.41) is 20.8. The Morgan fingerprint density at radius 3 is 2.61 bits per heavy atom. The monoisotopic (exact) mass is 411 g/mol. The van der Waals surface area contributed by atoms with Crippen LogP contribution in [0.2, 0.25) is 0 Å². The van der Waals surface area contributed by atoms with E-state index in [1.807, 2.05) is 0 Å². The van der Waals surface area contributed by atoms with Crippen LogP contribution in [0.5, 0.6) is 0 Å². The van der Waals surface area contributed by atoms with Crippen LogP contribution in [-0.4, -0.2) is 27.1 Å². The van der Waals surface area contributed by atoms with Crippen LogP contribution < -0.4 is 4.72 Å². The van der Waals surface area contributed by atoms with E-state index in [0.29, 0.717) is 26.1 Å². The first-order valence-electron chi connectivity index (χ1n) is 9.06. The van der Waals surface area contributed by atoms with Gasteiger partial charge < -0.3 is 4.74 Å². The lowest BCUT2D eigenvalue weighted by molar-refractivity contribution is -0.385. The molecule has 0 unspecified atom stereocenters. The summed E-state index contributed by atoms with van der Waals surface area (Å²) in [6, 6.07) is 5.62. The first kappa shape index (κ1) is 22.4. The first-order valence-corrected chi connectivity index (χ1v) is 10.2. The average Bonchev–Trinajstić information content (AvgIpc) is 3.09. The topological polar surface area (TPSA) is 105 Å². The largest absolute Gasteiger partial charge is 0.380 e. The zero-order valence-corrected chi connectivity index (χ0v) is 17.4. The summed E-state index contributed by atoms with van der Waals surface area (Å²) in [5.41, 5.74) is -2.04. The molecular formula is C19H26FN3O4S. The van der Waals surface area contributed by atoms with E-state index in [-0.39, 0.29) is 17.7 Å². The van der Waals surface area contributed by atoms with E-state index in [1.165, 1.54) is 6.07 Å². The van der Waals surface area contributed by atoms with Crippen LogP contribution in [-0.2, 0) is 21.3 Å². The molecule has 1 aliphatic rings. The minimum absolute atomic E-state index is 0.0614. The normalized spacial score (nSPS) is 23.0. The number of nitrogens with zero attached hydrogens (tertiary/aromatic N) is 2. The molecular weight excluding hydrogens is 385 g/mol. The molecule has 1 aromatic carbocycles. The van der Waals surface area contributed by atoms with Gasteiger partial charge >= 0.3 is 0 Å². The molecule has 154 valence electrons. The fourth-order valence-electron chi connectivity index (χ4n) is 3.09. The highest BCUT2D eigenvalue weighted by atomic mass is 32.2. The Labute approximate surface area is 167 Å². The molecule has 2 rings (SSSR count). The predicted octanol–water partition coefficient (Wildman–Crippen LogP) is 3.71. The number of nitriles is 1. The van der Waals surface area contributed by atoms with Crippen LogP contribution in [0, 0.1) is 32.7 Å². The van der Waals surface area contributed by atoms with Gasteiger partial charge in [-0.05, 0) is 53.0 Å². The van der Waals surface area contributed by atoms with E-state index in [2.05, 4.69) is 10.8 Å². The van der Waals surface area contributed by atoms with Gasteiger partial charge in [-0.2, -0.15) is 5.26 Å². The average molecular weight is 411 g/mol. The summed E-state index contributed by atoms with van der Waals surface area (Å²) in [7, 11) is -1.55. The maximum absolute atomic E-state index is 14.7. The van der Waals surface area contributed by atoms with E-state index in [1.54, 1.807) is 27.7 Å². The minimum Gasteiger partial charge on any atom is -0.380 e. The molecule has 1 aromatic rings. The molecule has 0 radical (unpaired) electrons. The number of nitrogens with one attached hydrogen (secondary N) is 1. The second-order valence-electron chi connectivity index (χ2n) is 8.43. The number of halogens is 1. The molecule has 7 nitrogen and oxygen atoms in total. The zero-order chi connectivity index (χ0) is 21.2. The molecule has 1 saturated heterocycles. The lowest BCUT2D eigenvalue weighted by Crippen LogP contribution is -2.47. The van der Waals surface area contributed by atoms with Crippen molar-refractivity contribution in [2.45, 2.75) is 57.2 Å². The maximum Gasteiger partial charge on any atom is 0.269 e. The van der Waals surface area contributed by atoms with Crippen molar-refractivity contribution in [3.8, 4) is 6.07 Å². The molecule has 3 atom stereocenters. The van der Waals surface area contributed by atoms with Gasteiger partial charge in [-0.1, -0.05) is 0 Å². The summed E-state index contributed by atoms with van der Waals surface area (Å²) in [4.78, 5) is 10.6. The van der Waals surface area contributed by atoms with Crippen LogP contribution in [0.3, 0.4) is 0 Å². The standard InChI is InChI=1S/C19H26FN3O4S/c1-17(2,3)28(26)22-18(4,7-8-19(12-21)9-10-27-13-19)15-11-14(23(24)25)5-6-16(15)20/h5-6,11,22H,7-10,13H2,1-4H3/t18-,19+,28+/m0/s1. The van der Waals surface area contributed by atoms with Gasteiger partial charge in [0.05, 0.1) is 44.3 Å². The highest BCUT2D eigenvalue weighted by molar-refractivity contribution is 7.84. The first-order chi connectivity index (χ1) is 12.9. The van der Waals surface area contributed by atoms with E-state index in [9.17, 15) is 24.0 Å². The number of nitro groups is 1. The van der Waals surface area contributed by atoms with Crippen molar-refractivity contribution in [2.75, 3.05) is 13.2 Å². The second kappa shape index (κ2) is 8.23. The van der Waals surface area contributed by atoms with Gasteiger partial charge in [-0.25, -0.2) is 13.3 Å². The number of benzene rings is 1. The van der Waals surface area contributed by atoms with Crippen molar-refractivity contribution in [2.24, 2.45) is 5.41 Å². The van der Waals surface area contributed by atoms with Crippen LogP contribution >= 0.6 is 0 Å². The summed E-state index contributed by atoms with van der Waals surface area (Å²) >= 11 is 0. The van der Waals surface area contributed by atoms with Crippen molar-refractivity contribution in [1.82, 2.24) is 4.72 Å². The zero-order valence-electron chi connectivity index (χ0n) is 16.6. The Hall–Kier alpha value is -1.89. The number of rotatable bonds is 7. The van der Waals surface area contributed by atoms with E-state index < -0.39 is 37.4 Å². The molecule has 0 aliphatic carbocycles. The van der Waals surface area contributed by atoms with Crippen LogP contribution in [0.1, 0.15) is 52.5 Å². The fourth-order valence-corrected chi connectivity index (χ4v) is 4.01. The van der Waals surface area contributed by atoms with Crippen molar-refractivity contribution in [3.63, 3.8) is 0 Å². The number of hydrogen-bond acceptors (Lipinski definition) is 5. The van der Waals surface area contributed by atoms with Crippen LogP contribution in [0.25, 0.3) is 0 Å². The Balaban J connectivity index is 2.44. The van der Waals surface area contributed by atoms with Gasteiger partial charge in [0, 0.05) is 24.3 Å². The van der Waals surface area contributed by atoms with Gasteiger partial charge in [0.1, 0.15) is 5.82 Å². The Morgan fingerprint density at radius 1 is 1.43 bits per heavy atom. The SMILES string of the molecule is CC(C)(C)[S@@](=O)N[C@@](C)(CC[C@]1(C#N)CCOC1)c1cc([N+](=O)[O-])ccc1F. The van der Waals surface area contributed by atoms with Crippen molar-refractivity contribution >= 4 is 16.7 Å². The van der Waals surface area contributed by atoms with Gasteiger partial charge in [0.2, 0.25) is 0 Å². The Bertz CT molecular complexity index is 812. The van der Waals surface area contributed by atoms with E-state index >= 15 is 0 Å². The molecule has 9 heteroatoms. The molecule has 0 spiro atoms. The molecule has 0 amide bonds. The van der Waals surface area contributed by atoms with Gasteiger partial charge in [0.25, 0.3) is 5.69 Å². The highest BCUT2D eigenvalue weighted by Gasteiger charge is 2.41. The molecule has 28 heavy (non-hydrogen) atoms. The highest BCUT2D eigenvalue weighted by Crippen LogP contribution is 2.39. The third-order valence-electron chi connectivity index (χ3n) is 5.07. The Kier molecular flexibility index (Phi) is 6.58. The van der Waals surface area contributed by atoms with Crippen molar-refractivity contribution in [3.05, 3.63) is 39.7 Å². The van der Waals surface area contributed by atoms with Crippen LogP contribution in [0.15, 0.2) is 18.2 Å². The molecule has 1 heterocycles. The predicted molar refractivity (Wildman–Crippen MR) is 104 cm³/mol. The van der Waals surface area contributed by atoms with E-state index in [4.69, 9.17) is 4.74 Å². The molecule has 0 aromatic heterocycles. The van der Waals surface area contributed by atoms with Gasteiger partial charge in [-0.3, -0.25) is 10.1 Å². The molecule has 1 aliphatic heterocycles. The maximum atomic E-state index is 14.7. The number of hydrogen-bond donors (Lipinski definition) is 1. The van der Waals surface area contributed by atoms with Crippen molar-refractivity contribution < 1.29 is 18.3 Å². The van der Waals surface area contributed by atoms with E-state index in [0.717, 1.165) is 12.1 Å². The number of nitro benzene ring substituents is 1. The lowest BCUT2D eigenvalue weighted by atomic mass is 9.78. The third-order valence-corrected chi connectivity index (χ3v) is 6.82. The Morgan fingerprint density at radius 2 is 2.11 bits per heavy atom. The molecule has 1 N–H and O–H groups in total. The summed E-state index contributed by atoms with van der Waals surface area (Å²) < 4.78 is 35.2. The number of ether oxygens (including phenoxy) is 1. The summed E-state index contributed by atoms with van der Waals surface area (Å²) in [5.74, 6) is -0.625. The minimum atomic E-state index is -1.55. The number of non-ortho nitro benzene ring substituents is 1. The summed E-state index contributed by atoms with van der Waals surface area (Å²) in [6.07, 6.45) is 1.22. The lowest BCUT2D eigenvalue weighted by Gasteiger charge is -2.35. The smallest absolute Gasteiger partial charge is 0.269 e. The molecule has 0 bridgehead atoms. The molecule has 0 saturated carbocycles. The second-order valence-corrected chi connectivity index (χ2v) is 10.4. The fraction of sp³-hybridized carbons (Fsp3) is 0.632. The van der Waals surface area contributed by atoms with Gasteiger partial charge in [0.15, 0.2) is 0 Å². The quantitative estimate of drug-likeness (QED) is 0.544. The molecule has 1 fully saturated rings. The van der Waals surface area contributed by atoms with Crippen LogP contribution in [0.4, 0.5) is 10.1 Å². The van der Waals surface area contributed by atoms with Crippen molar-refractivity contribution in [1.29, 1.82) is 5.26 Å².